The number of fused-ring (bicyclic) bond motifs is 2. The molecule has 2 atom stereocenters. The lowest BCUT2D eigenvalue weighted by Gasteiger charge is -2.56. The Morgan fingerprint density at radius 1 is 0.881 bits per heavy atom. The fourth-order valence-electron chi connectivity index (χ4n) is 6.36. The normalized spacial score (nSPS) is 20.1. The predicted octanol–water partition coefficient (Wildman–Crippen LogP) is 4.39. The van der Waals surface area contributed by atoms with Gasteiger partial charge in [-0.25, -0.2) is 24.6 Å². The largest absolute Gasteiger partial charge is 0.353 e. The van der Waals surface area contributed by atoms with Crippen LogP contribution >= 0.6 is 0 Å². The van der Waals surface area contributed by atoms with E-state index in [2.05, 4.69) is 61.4 Å². The molecule has 3 saturated heterocycles. The second-order valence-corrected chi connectivity index (χ2v) is 12.1. The van der Waals surface area contributed by atoms with Gasteiger partial charge >= 0.3 is 0 Å². The molecule has 0 aromatic carbocycles. The number of anilines is 1. The number of aromatic amines is 1. The molecular weight excluding hydrogens is 524 g/mol. The van der Waals surface area contributed by atoms with E-state index in [-0.39, 0.29) is 0 Å². The molecule has 2 unspecified atom stereocenters. The Morgan fingerprint density at radius 2 is 1.71 bits per heavy atom. The number of rotatable bonds is 8. The minimum atomic E-state index is 0.533. The van der Waals surface area contributed by atoms with Gasteiger partial charge in [-0.1, -0.05) is 6.07 Å². The molecule has 1 aliphatic carbocycles. The first-order valence-electron chi connectivity index (χ1n) is 14.9. The number of H-pyrrole nitrogens is 1. The van der Waals surface area contributed by atoms with E-state index in [1.165, 1.54) is 30.5 Å². The van der Waals surface area contributed by atoms with E-state index in [0.717, 1.165) is 59.6 Å². The summed E-state index contributed by atoms with van der Waals surface area (Å²) in [5.41, 5.74) is 7.30. The lowest BCUT2D eigenvalue weighted by Crippen LogP contribution is -2.68. The summed E-state index contributed by atoms with van der Waals surface area (Å²) in [5, 5.41) is 12.1. The molecule has 42 heavy (non-hydrogen) atoms. The van der Waals surface area contributed by atoms with E-state index < -0.39 is 0 Å². The first-order valence-corrected chi connectivity index (χ1v) is 14.9. The van der Waals surface area contributed by atoms with Crippen molar-refractivity contribution in [2.75, 3.05) is 18.0 Å². The van der Waals surface area contributed by atoms with Gasteiger partial charge in [-0.3, -0.25) is 10.00 Å². The van der Waals surface area contributed by atoms with Crippen LogP contribution in [0.15, 0.2) is 61.1 Å². The highest BCUT2D eigenvalue weighted by Gasteiger charge is 2.44. The first-order chi connectivity index (χ1) is 20.5. The summed E-state index contributed by atoms with van der Waals surface area (Å²) in [4.78, 5) is 24.1. The monoisotopic (exact) mass is 558 g/mol. The molecule has 8 heterocycles. The average Bonchev–Trinajstić information content (AvgIpc) is 3.60. The summed E-state index contributed by atoms with van der Waals surface area (Å²) < 4.78 is 1.90. The van der Waals surface area contributed by atoms with E-state index in [1.807, 2.05) is 43.2 Å². The van der Waals surface area contributed by atoms with Crippen LogP contribution in [-0.4, -0.2) is 70.0 Å². The summed E-state index contributed by atoms with van der Waals surface area (Å²) in [7, 11) is 0. The van der Waals surface area contributed by atoms with E-state index in [0.29, 0.717) is 30.2 Å². The van der Waals surface area contributed by atoms with Crippen molar-refractivity contribution in [3.8, 4) is 17.2 Å². The van der Waals surface area contributed by atoms with Gasteiger partial charge in [0.25, 0.3) is 0 Å². The van der Waals surface area contributed by atoms with E-state index in [1.54, 1.807) is 0 Å². The molecule has 1 N–H and O–H groups in total. The third kappa shape index (κ3) is 4.96. The number of aromatic nitrogens is 8. The molecular formula is C32H34N10. The molecule has 3 aliphatic heterocycles. The predicted molar refractivity (Wildman–Crippen MR) is 159 cm³/mol. The molecule has 4 fully saturated rings. The number of piperazine rings is 1. The van der Waals surface area contributed by atoms with Crippen molar-refractivity contribution in [2.45, 2.75) is 64.1 Å². The fourth-order valence-corrected chi connectivity index (χ4v) is 6.36. The van der Waals surface area contributed by atoms with E-state index >= 15 is 0 Å². The van der Waals surface area contributed by atoms with Crippen LogP contribution in [0.4, 0.5) is 5.82 Å². The number of nitrogens with one attached hydrogen (secondary N) is 1. The smallest absolute Gasteiger partial charge is 0.161 e. The summed E-state index contributed by atoms with van der Waals surface area (Å²) in [6.07, 6.45) is 10.4. The Kier molecular flexibility index (Phi) is 6.10. The second-order valence-electron chi connectivity index (χ2n) is 12.1. The molecule has 10 heteroatoms. The van der Waals surface area contributed by atoms with Crippen LogP contribution in [0, 0.1) is 13.8 Å². The van der Waals surface area contributed by atoms with Crippen molar-refractivity contribution in [2.24, 2.45) is 0 Å². The Balaban J connectivity index is 0.899. The highest BCUT2D eigenvalue weighted by molar-refractivity contribution is 5.57. The zero-order valence-corrected chi connectivity index (χ0v) is 24.0. The minimum Gasteiger partial charge on any atom is -0.353 e. The van der Waals surface area contributed by atoms with Gasteiger partial charge in [0.15, 0.2) is 11.6 Å². The number of piperidine rings is 1. The SMILES string of the molecule is Cc1cc(Cc2cc(C)[nH]n2)nc(-c2ccc(N3CC4CC(C3)N4Cc3ccc(-n4ccc(C5CC5)n4)nc3)nc2)n1. The van der Waals surface area contributed by atoms with Gasteiger partial charge in [0.2, 0.25) is 0 Å². The van der Waals surface area contributed by atoms with Crippen molar-refractivity contribution < 1.29 is 0 Å². The molecule has 0 radical (unpaired) electrons. The van der Waals surface area contributed by atoms with Gasteiger partial charge in [-0.15, -0.1) is 0 Å². The van der Waals surface area contributed by atoms with Crippen LogP contribution in [0.5, 0.6) is 0 Å². The van der Waals surface area contributed by atoms with Crippen LogP contribution in [0.1, 0.15) is 59.2 Å². The molecule has 10 nitrogen and oxygen atoms in total. The molecule has 0 amide bonds. The van der Waals surface area contributed by atoms with E-state index in [9.17, 15) is 0 Å². The van der Waals surface area contributed by atoms with E-state index in [4.69, 9.17) is 20.1 Å². The average molecular weight is 559 g/mol. The van der Waals surface area contributed by atoms with Crippen LogP contribution in [0.25, 0.3) is 17.2 Å². The number of hydrogen-bond donors (Lipinski definition) is 1. The molecule has 212 valence electrons. The Morgan fingerprint density at radius 3 is 2.43 bits per heavy atom. The van der Waals surface area contributed by atoms with Crippen LogP contribution in [-0.2, 0) is 13.0 Å². The summed E-state index contributed by atoms with van der Waals surface area (Å²) in [6, 6.07) is 15.8. The van der Waals surface area contributed by atoms with Gasteiger partial charge in [0.1, 0.15) is 5.82 Å². The number of hydrogen-bond acceptors (Lipinski definition) is 8. The first kappa shape index (κ1) is 25.3. The van der Waals surface area contributed by atoms with Gasteiger partial charge in [-0.2, -0.15) is 10.2 Å². The van der Waals surface area contributed by atoms with Crippen LogP contribution in [0.3, 0.4) is 0 Å². The Bertz CT molecular complexity index is 1710. The topological polar surface area (TPSA) is 105 Å². The summed E-state index contributed by atoms with van der Waals surface area (Å²) in [5.74, 6) is 3.26. The maximum Gasteiger partial charge on any atom is 0.161 e. The maximum absolute atomic E-state index is 4.84. The minimum absolute atomic E-state index is 0.533. The van der Waals surface area contributed by atoms with Gasteiger partial charge in [-0.05, 0) is 75.1 Å². The quantitative estimate of drug-likeness (QED) is 0.299. The van der Waals surface area contributed by atoms with Gasteiger partial charge < -0.3 is 4.90 Å². The van der Waals surface area contributed by atoms with Gasteiger partial charge in [0, 0.05) is 79.6 Å². The van der Waals surface area contributed by atoms with Crippen molar-refractivity contribution >= 4 is 5.82 Å². The molecule has 2 bridgehead atoms. The highest BCUT2D eigenvalue weighted by Crippen LogP contribution is 2.39. The van der Waals surface area contributed by atoms with Crippen molar-refractivity contribution in [1.82, 2.24) is 44.8 Å². The fraction of sp³-hybridized carbons (Fsp3) is 0.375. The molecule has 0 spiro atoms. The van der Waals surface area contributed by atoms with Crippen molar-refractivity contribution in [3.63, 3.8) is 0 Å². The maximum atomic E-state index is 4.84. The van der Waals surface area contributed by atoms with Crippen LogP contribution in [0.2, 0.25) is 0 Å². The standard InChI is InChI=1S/C32H34N10/c1-20-11-25(13-26-12-21(2)37-38-26)36-32(35-20)24-6-8-30(34-16-24)40-18-27-14-28(19-40)41(27)17-22-3-7-31(33-15-22)42-10-9-29(39-42)23-4-5-23/h3,6-12,15-16,23,27-28H,4-5,13-14,17-19H2,1-2H3,(H,37,38). The lowest BCUT2D eigenvalue weighted by molar-refractivity contribution is -0.00875. The van der Waals surface area contributed by atoms with Crippen molar-refractivity contribution in [3.05, 3.63) is 95.1 Å². The number of pyridine rings is 2. The molecule has 9 rings (SSSR count). The summed E-state index contributed by atoms with van der Waals surface area (Å²) in [6.45, 7) is 6.92. The van der Waals surface area contributed by atoms with Crippen molar-refractivity contribution in [1.29, 1.82) is 0 Å². The summed E-state index contributed by atoms with van der Waals surface area (Å²) >= 11 is 0. The zero-order chi connectivity index (χ0) is 28.2. The Hall–Kier alpha value is -4.44. The van der Waals surface area contributed by atoms with Crippen LogP contribution < -0.4 is 4.90 Å². The molecule has 5 aromatic heterocycles. The molecule has 4 aliphatic rings. The third-order valence-electron chi connectivity index (χ3n) is 8.72. The van der Waals surface area contributed by atoms with Gasteiger partial charge in [0.05, 0.1) is 17.1 Å². The zero-order valence-electron chi connectivity index (χ0n) is 24.0. The Labute approximate surface area is 244 Å². The number of aryl methyl sites for hydroxylation is 2. The lowest BCUT2D eigenvalue weighted by atomic mass is 9.87. The highest BCUT2D eigenvalue weighted by atomic mass is 15.4. The molecule has 1 saturated carbocycles. The number of nitrogens with zero attached hydrogens (tertiary/aromatic N) is 9. The molecule has 5 aromatic rings. The third-order valence-corrected chi connectivity index (χ3v) is 8.72. The second kappa shape index (κ2) is 10.1.